The lowest BCUT2D eigenvalue weighted by Gasteiger charge is -2.30. The Morgan fingerprint density at radius 2 is 0.515 bits per heavy atom. The van der Waals surface area contributed by atoms with Gasteiger partial charge in [0.25, 0.3) is 0 Å². The maximum absolute atomic E-state index is 13.6. The quantitative estimate of drug-likeness (QED) is 0.428. The molecular formula is C11F19N3. The van der Waals surface area contributed by atoms with Crippen LogP contribution in [-0.4, -0.2) is 45.3 Å². The lowest BCUT2D eigenvalue weighted by molar-refractivity contribution is -0.364. The van der Waals surface area contributed by atoms with Gasteiger partial charge in [0.2, 0.25) is 17.5 Å². The van der Waals surface area contributed by atoms with Crippen LogP contribution in [0.4, 0.5) is 83.4 Å². The Morgan fingerprint density at radius 1 is 0.303 bits per heavy atom. The zero-order valence-corrected chi connectivity index (χ0v) is 14.0. The predicted octanol–water partition coefficient (Wildman–Crippen LogP) is 6.10. The highest BCUT2D eigenvalue weighted by molar-refractivity contribution is 5.16. The van der Waals surface area contributed by atoms with Crippen molar-refractivity contribution in [1.29, 1.82) is 0 Å². The Bertz CT molecular complexity index is 820. The minimum Gasteiger partial charge on any atom is -0.205 e. The first kappa shape index (κ1) is 28.7. The second-order valence-electron chi connectivity index (χ2n) is 5.67. The second-order valence-corrected chi connectivity index (χ2v) is 5.67. The van der Waals surface area contributed by atoms with E-state index < -0.39 is 65.6 Å². The smallest absolute Gasteiger partial charge is 0.205 e. The van der Waals surface area contributed by atoms with Crippen molar-refractivity contribution in [3.8, 4) is 0 Å². The third-order valence-corrected chi connectivity index (χ3v) is 3.33. The van der Waals surface area contributed by atoms with Crippen molar-refractivity contribution >= 4 is 0 Å². The van der Waals surface area contributed by atoms with Crippen LogP contribution in [0.2, 0.25) is 0 Å². The number of hydrogen-bond acceptors (Lipinski definition) is 3. The molecule has 22 heteroatoms. The topological polar surface area (TPSA) is 38.7 Å². The van der Waals surface area contributed by atoms with E-state index in [4.69, 9.17) is 0 Å². The summed E-state index contributed by atoms with van der Waals surface area (Å²) in [5, 5.41) is 0. The van der Waals surface area contributed by atoms with Crippen LogP contribution in [-0.2, 0) is 17.8 Å². The van der Waals surface area contributed by atoms with Crippen LogP contribution in [0.1, 0.15) is 17.5 Å². The van der Waals surface area contributed by atoms with E-state index in [1.165, 1.54) is 9.97 Å². The van der Waals surface area contributed by atoms with Gasteiger partial charge in [-0.05, 0) is 0 Å². The summed E-state index contributed by atoms with van der Waals surface area (Å²) in [5.41, 5.74) is 0. The molecular weight excluding hydrogens is 535 g/mol. The largest absolute Gasteiger partial charge is 0.461 e. The van der Waals surface area contributed by atoms with Gasteiger partial charge in [-0.2, -0.15) is 83.4 Å². The van der Waals surface area contributed by atoms with E-state index in [1.54, 1.807) is 0 Å². The van der Waals surface area contributed by atoms with Crippen LogP contribution in [0.5, 0.6) is 0 Å². The molecule has 0 saturated heterocycles. The zero-order valence-electron chi connectivity index (χ0n) is 14.0. The first-order chi connectivity index (χ1) is 14.1. The van der Waals surface area contributed by atoms with Crippen molar-refractivity contribution in [2.45, 2.75) is 48.1 Å². The Morgan fingerprint density at radius 3 is 0.697 bits per heavy atom. The fraction of sp³-hybridized carbons (Fsp3) is 0.727. The van der Waals surface area contributed by atoms with Crippen molar-refractivity contribution in [1.82, 2.24) is 15.0 Å². The molecule has 0 spiro atoms. The van der Waals surface area contributed by atoms with Gasteiger partial charge in [-0.15, -0.1) is 0 Å². The summed E-state index contributed by atoms with van der Waals surface area (Å²) >= 11 is 0. The van der Waals surface area contributed by atoms with Gasteiger partial charge in [0.05, 0.1) is 0 Å². The molecule has 1 heterocycles. The highest BCUT2D eigenvalue weighted by Gasteiger charge is 2.78. The normalized spacial score (nSPS) is 15.7. The molecule has 33 heavy (non-hydrogen) atoms. The van der Waals surface area contributed by atoms with Crippen LogP contribution in [0.3, 0.4) is 0 Å². The molecule has 3 nitrogen and oxygen atoms in total. The highest BCUT2D eigenvalue weighted by atomic mass is 19.4. The Labute approximate surface area is 165 Å². The lowest BCUT2D eigenvalue weighted by atomic mass is 10.1. The maximum Gasteiger partial charge on any atom is 0.461 e. The highest BCUT2D eigenvalue weighted by Crippen LogP contribution is 2.54. The molecule has 0 aromatic carbocycles. The summed E-state index contributed by atoms with van der Waals surface area (Å²) in [7, 11) is 0. The monoisotopic (exact) mass is 535 g/mol. The van der Waals surface area contributed by atoms with Crippen molar-refractivity contribution in [2.24, 2.45) is 0 Å². The van der Waals surface area contributed by atoms with Crippen LogP contribution in [0.15, 0.2) is 0 Å². The number of rotatable bonds is 5. The minimum atomic E-state index is -7.55. The molecule has 0 radical (unpaired) electrons. The third kappa shape index (κ3) is 4.30. The van der Waals surface area contributed by atoms with Crippen LogP contribution < -0.4 is 0 Å². The Kier molecular flexibility index (Phi) is 6.38. The summed E-state index contributed by atoms with van der Waals surface area (Å²) < 4.78 is 243. The van der Waals surface area contributed by atoms with Crippen molar-refractivity contribution < 1.29 is 83.4 Å². The summed E-state index contributed by atoms with van der Waals surface area (Å²) in [6, 6.07) is 0. The number of halogens is 19. The van der Waals surface area contributed by atoms with Crippen LogP contribution in [0, 0.1) is 0 Å². The van der Waals surface area contributed by atoms with E-state index in [9.17, 15) is 83.4 Å². The number of hydrogen-bond donors (Lipinski definition) is 0. The fourth-order valence-corrected chi connectivity index (χ4v) is 1.56. The first-order valence-corrected chi connectivity index (χ1v) is 6.93. The number of alkyl halides is 19. The summed E-state index contributed by atoms with van der Waals surface area (Å²) in [4.78, 5) is 3.55. The maximum atomic E-state index is 13.6. The summed E-state index contributed by atoms with van der Waals surface area (Å²) in [6.07, 6.45) is -22.0. The average molecular weight is 535 g/mol. The Balaban J connectivity index is 4.09. The van der Waals surface area contributed by atoms with E-state index in [-0.39, 0.29) is 0 Å². The molecule has 0 fully saturated rings. The molecule has 0 aliphatic heterocycles. The molecule has 0 unspecified atom stereocenters. The molecule has 0 amide bonds. The number of nitrogens with zero attached hydrogens (tertiary/aromatic N) is 3. The Hall–Kier alpha value is -2.32. The van der Waals surface area contributed by atoms with E-state index >= 15 is 0 Å². The first-order valence-electron chi connectivity index (χ1n) is 6.93. The molecule has 0 aliphatic carbocycles. The SMILES string of the molecule is FC(F)(F)C(F)(F)c1nc(C(F)(F)C(F)(F)C(F)(F)F)nc(C(F)(F)C(F)(F)C(F)(F)F)n1. The van der Waals surface area contributed by atoms with E-state index in [2.05, 4.69) is 0 Å². The molecule has 0 atom stereocenters. The zero-order chi connectivity index (χ0) is 26.9. The van der Waals surface area contributed by atoms with Gasteiger partial charge < -0.3 is 0 Å². The van der Waals surface area contributed by atoms with Crippen molar-refractivity contribution in [2.75, 3.05) is 0 Å². The van der Waals surface area contributed by atoms with Gasteiger partial charge >= 0.3 is 48.1 Å². The van der Waals surface area contributed by atoms with Gasteiger partial charge in [-0.25, -0.2) is 15.0 Å². The third-order valence-electron chi connectivity index (χ3n) is 3.33. The van der Waals surface area contributed by atoms with Gasteiger partial charge in [-0.3, -0.25) is 0 Å². The molecule has 192 valence electrons. The van der Waals surface area contributed by atoms with Crippen LogP contribution in [0.25, 0.3) is 0 Å². The van der Waals surface area contributed by atoms with E-state index in [0.717, 1.165) is 4.98 Å². The van der Waals surface area contributed by atoms with Gasteiger partial charge in [0, 0.05) is 0 Å². The van der Waals surface area contributed by atoms with E-state index in [1.807, 2.05) is 0 Å². The molecule has 0 saturated carbocycles. The molecule has 0 N–H and O–H groups in total. The molecule has 1 aromatic rings. The number of aromatic nitrogens is 3. The average Bonchev–Trinajstić information content (AvgIpc) is 2.57. The standard InChI is InChI=1S/C11F19N3/c12-4(13,7(18,19)10(25,26)27)1-31-2(5(14,15)8(20,21)11(28,29)30)33-3(32-1)6(16,17)9(22,23)24. The summed E-state index contributed by atoms with van der Waals surface area (Å²) in [5.74, 6) is -48.6. The second kappa shape index (κ2) is 7.34. The van der Waals surface area contributed by atoms with Gasteiger partial charge in [0.1, 0.15) is 0 Å². The molecule has 0 bridgehead atoms. The minimum absolute atomic E-state index is 1.15. The summed E-state index contributed by atoms with van der Waals surface area (Å²) in [6.45, 7) is 0. The molecule has 0 aliphatic rings. The van der Waals surface area contributed by atoms with Crippen LogP contribution >= 0.6 is 0 Å². The van der Waals surface area contributed by atoms with E-state index in [0.29, 0.717) is 0 Å². The lowest BCUT2D eigenvalue weighted by Crippen LogP contribution is -2.53. The van der Waals surface area contributed by atoms with Gasteiger partial charge in [-0.1, -0.05) is 0 Å². The predicted molar refractivity (Wildman–Crippen MR) is 59.6 cm³/mol. The fourth-order valence-electron chi connectivity index (χ4n) is 1.56. The van der Waals surface area contributed by atoms with Gasteiger partial charge in [0.15, 0.2) is 0 Å². The van der Waals surface area contributed by atoms with Crippen molar-refractivity contribution in [3.05, 3.63) is 17.5 Å². The van der Waals surface area contributed by atoms with Crippen molar-refractivity contribution in [3.63, 3.8) is 0 Å². The molecule has 1 aromatic heterocycles. The molecule has 1 rings (SSSR count).